The minimum atomic E-state index is 0.537. The van der Waals surface area contributed by atoms with Gasteiger partial charge in [0.2, 0.25) is 0 Å². The second-order valence-corrected chi connectivity index (χ2v) is 6.28. The fraction of sp³-hybridized carbons (Fsp3) is 0.600. The normalized spacial score (nSPS) is 16.4. The van der Waals surface area contributed by atoms with Gasteiger partial charge in [0.1, 0.15) is 5.75 Å². The first-order valence-corrected chi connectivity index (χ1v) is 7.66. The monoisotopic (exact) mass is 326 g/mol. The molecule has 2 rings (SSSR count). The topological polar surface area (TPSA) is 33.3 Å². The van der Waals surface area contributed by atoms with Crippen LogP contribution in [-0.4, -0.2) is 33.8 Å². The Morgan fingerprint density at radius 3 is 2.68 bits per heavy atom. The number of hydrogen-bond donors (Lipinski definition) is 2. The van der Waals surface area contributed by atoms with Gasteiger partial charge in [-0.05, 0) is 71.9 Å². The maximum Gasteiger partial charge on any atom is 0.133 e. The predicted molar refractivity (Wildman–Crippen MR) is 82.9 cm³/mol. The second-order valence-electron chi connectivity index (χ2n) is 5.43. The lowest BCUT2D eigenvalue weighted by atomic mass is 10.1. The van der Waals surface area contributed by atoms with Crippen molar-refractivity contribution in [3.8, 4) is 5.75 Å². The molecule has 0 saturated heterocycles. The van der Waals surface area contributed by atoms with Crippen LogP contribution in [0, 0.1) is 5.41 Å². The molecule has 1 saturated carbocycles. The van der Waals surface area contributed by atoms with Crippen molar-refractivity contribution in [2.24, 2.45) is 5.41 Å². The van der Waals surface area contributed by atoms with Gasteiger partial charge in [-0.2, -0.15) is 0 Å². The number of benzene rings is 1. The molecule has 1 aromatic rings. The molecule has 0 aliphatic heterocycles. The third kappa shape index (κ3) is 4.20. The van der Waals surface area contributed by atoms with E-state index in [0.717, 1.165) is 36.3 Å². The highest BCUT2D eigenvalue weighted by molar-refractivity contribution is 9.10. The predicted octanol–water partition coefficient (Wildman–Crippen LogP) is 2.59. The molecule has 1 aromatic carbocycles. The van der Waals surface area contributed by atoms with E-state index in [1.54, 1.807) is 7.11 Å². The summed E-state index contributed by atoms with van der Waals surface area (Å²) in [4.78, 5) is 0. The Morgan fingerprint density at radius 2 is 2.11 bits per heavy atom. The summed E-state index contributed by atoms with van der Waals surface area (Å²) in [5.74, 6) is 0.891. The first-order valence-electron chi connectivity index (χ1n) is 6.87. The van der Waals surface area contributed by atoms with Crippen molar-refractivity contribution >= 4 is 15.9 Å². The summed E-state index contributed by atoms with van der Waals surface area (Å²) < 4.78 is 6.27. The Labute approximate surface area is 124 Å². The van der Waals surface area contributed by atoms with E-state index in [0.29, 0.717) is 5.41 Å². The molecule has 1 fully saturated rings. The zero-order valence-electron chi connectivity index (χ0n) is 11.8. The molecule has 4 heteroatoms. The largest absolute Gasteiger partial charge is 0.496 e. The standard InChI is InChI=1S/C15H23BrN2O/c1-17-10-15(6-7-15)11-18-8-5-12-3-4-14(19-2)13(16)9-12/h3-4,9,17-18H,5-8,10-11H2,1-2H3. The van der Waals surface area contributed by atoms with Crippen LogP contribution in [0.5, 0.6) is 5.75 Å². The van der Waals surface area contributed by atoms with Crippen LogP contribution < -0.4 is 15.4 Å². The maximum absolute atomic E-state index is 5.24. The van der Waals surface area contributed by atoms with Crippen molar-refractivity contribution in [2.75, 3.05) is 33.8 Å². The molecular weight excluding hydrogens is 304 g/mol. The zero-order chi connectivity index (χ0) is 13.7. The highest BCUT2D eigenvalue weighted by Crippen LogP contribution is 2.44. The molecule has 0 atom stereocenters. The van der Waals surface area contributed by atoms with E-state index in [4.69, 9.17) is 4.74 Å². The molecule has 0 unspecified atom stereocenters. The van der Waals surface area contributed by atoms with Gasteiger partial charge in [-0.3, -0.25) is 0 Å². The number of rotatable bonds is 8. The lowest BCUT2D eigenvalue weighted by molar-refractivity contribution is 0.412. The number of nitrogens with one attached hydrogen (secondary N) is 2. The fourth-order valence-corrected chi connectivity index (χ4v) is 3.01. The summed E-state index contributed by atoms with van der Waals surface area (Å²) in [6.07, 6.45) is 3.77. The van der Waals surface area contributed by atoms with Gasteiger partial charge in [0.05, 0.1) is 11.6 Å². The van der Waals surface area contributed by atoms with Crippen molar-refractivity contribution < 1.29 is 4.74 Å². The van der Waals surface area contributed by atoms with Crippen LogP contribution >= 0.6 is 15.9 Å². The number of methoxy groups -OCH3 is 1. The Hall–Kier alpha value is -0.580. The third-order valence-electron chi connectivity index (χ3n) is 3.82. The lowest BCUT2D eigenvalue weighted by Crippen LogP contribution is -2.32. The first kappa shape index (κ1) is 14.8. The highest BCUT2D eigenvalue weighted by Gasteiger charge is 2.41. The quantitative estimate of drug-likeness (QED) is 0.720. The maximum atomic E-state index is 5.24. The van der Waals surface area contributed by atoms with Crippen molar-refractivity contribution in [3.63, 3.8) is 0 Å². The summed E-state index contributed by atoms with van der Waals surface area (Å²) in [6, 6.07) is 6.29. The molecule has 3 nitrogen and oxygen atoms in total. The Morgan fingerprint density at radius 1 is 1.32 bits per heavy atom. The van der Waals surface area contributed by atoms with Gasteiger partial charge < -0.3 is 15.4 Å². The molecular formula is C15H23BrN2O. The van der Waals surface area contributed by atoms with Crippen molar-refractivity contribution in [3.05, 3.63) is 28.2 Å². The van der Waals surface area contributed by atoms with E-state index in [9.17, 15) is 0 Å². The molecule has 2 N–H and O–H groups in total. The third-order valence-corrected chi connectivity index (χ3v) is 4.44. The summed E-state index contributed by atoms with van der Waals surface area (Å²) in [5, 5.41) is 6.87. The Kier molecular flexibility index (Phi) is 5.25. The summed E-state index contributed by atoms with van der Waals surface area (Å²) in [6.45, 7) is 3.30. The van der Waals surface area contributed by atoms with Crippen LogP contribution in [0.1, 0.15) is 18.4 Å². The molecule has 0 amide bonds. The molecule has 0 heterocycles. The molecule has 19 heavy (non-hydrogen) atoms. The van der Waals surface area contributed by atoms with E-state index in [1.165, 1.54) is 18.4 Å². The molecule has 1 aliphatic rings. The minimum Gasteiger partial charge on any atom is -0.496 e. The van der Waals surface area contributed by atoms with Crippen molar-refractivity contribution in [1.29, 1.82) is 0 Å². The van der Waals surface area contributed by atoms with E-state index >= 15 is 0 Å². The van der Waals surface area contributed by atoms with Gasteiger partial charge in [0.25, 0.3) is 0 Å². The molecule has 106 valence electrons. The van der Waals surface area contributed by atoms with Gasteiger partial charge in [0, 0.05) is 13.1 Å². The van der Waals surface area contributed by atoms with E-state index in [1.807, 2.05) is 13.1 Å². The summed E-state index contributed by atoms with van der Waals surface area (Å²) in [5.41, 5.74) is 1.87. The van der Waals surface area contributed by atoms with Crippen LogP contribution in [0.2, 0.25) is 0 Å². The van der Waals surface area contributed by atoms with Crippen LogP contribution in [-0.2, 0) is 6.42 Å². The minimum absolute atomic E-state index is 0.537. The smallest absolute Gasteiger partial charge is 0.133 e. The summed E-state index contributed by atoms with van der Waals surface area (Å²) in [7, 11) is 3.73. The SMILES string of the molecule is CNCC1(CNCCc2ccc(OC)c(Br)c2)CC1. The van der Waals surface area contributed by atoms with Crippen LogP contribution in [0.4, 0.5) is 0 Å². The lowest BCUT2D eigenvalue weighted by Gasteiger charge is -2.15. The second kappa shape index (κ2) is 6.73. The molecule has 0 bridgehead atoms. The number of ether oxygens (including phenoxy) is 1. The van der Waals surface area contributed by atoms with Gasteiger partial charge in [-0.25, -0.2) is 0 Å². The van der Waals surface area contributed by atoms with Crippen LogP contribution in [0.25, 0.3) is 0 Å². The van der Waals surface area contributed by atoms with Gasteiger partial charge in [-0.15, -0.1) is 0 Å². The average Bonchev–Trinajstić information content (AvgIpc) is 3.16. The van der Waals surface area contributed by atoms with Crippen LogP contribution in [0.15, 0.2) is 22.7 Å². The molecule has 0 radical (unpaired) electrons. The zero-order valence-corrected chi connectivity index (χ0v) is 13.3. The number of halogens is 1. The van der Waals surface area contributed by atoms with E-state index < -0.39 is 0 Å². The van der Waals surface area contributed by atoms with Crippen LogP contribution in [0.3, 0.4) is 0 Å². The van der Waals surface area contributed by atoms with Gasteiger partial charge >= 0.3 is 0 Å². The van der Waals surface area contributed by atoms with E-state index in [2.05, 4.69) is 38.7 Å². The molecule has 0 aromatic heterocycles. The van der Waals surface area contributed by atoms with Crippen molar-refractivity contribution in [1.82, 2.24) is 10.6 Å². The fourth-order valence-electron chi connectivity index (χ4n) is 2.42. The Balaban J connectivity index is 1.72. The first-order chi connectivity index (χ1) is 9.19. The average molecular weight is 327 g/mol. The Bertz CT molecular complexity index is 419. The molecule has 1 aliphatic carbocycles. The van der Waals surface area contributed by atoms with E-state index in [-0.39, 0.29) is 0 Å². The highest BCUT2D eigenvalue weighted by atomic mass is 79.9. The van der Waals surface area contributed by atoms with Gasteiger partial charge in [0.15, 0.2) is 0 Å². The summed E-state index contributed by atoms with van der Waals surface area (Å²) >= 11 is 3.52. The molecule has 0 spiro atoms. The van der Waals surface area contributed by atoms with Crippen molar-refractivity contribution in [2.45, 2.75) is 19.3 Å². The number of hydrogen-bond acceptors (Lipinski definition) is 3. The van der Waals surface area contributed by atoms with Gasteiger partial charge in [-0.1, -0.05) is 6.07 Å².